The first kappa shape index (κ1) is 20.4. The Morgan fingerprint density at radius 2 is 1.89 bits per heavy atom. The minimum Gasteiger partial charge on any atom is -0.472 e. The molecule has 7 heteroatoms. The first-order chi connectivity index (χ1) is 13.2. The summed E-state index contributed by atoms with van der Waals surface area (Å²) >= 11 is 0. The first-order valence-corrected chi connectivity index (χ1v) is 10.1. The van der Waals surface area contributed by atoms with Crippen molar-refractivity contribution in [2.24, 2.45) is 5.92 Å². The Balaban J connectivity index is 1.52. The molecule has 0 N–H and O–H groups in total. The molecule has 0 radical (unpaired) electrons. The fraction of sp³-hybridized carbons (Fsp3) is 0.667. The zero-order valence-electron chi connectivity index (χ0n) is 17.3. The standard InChI is InChI=1S/C21H31N3O4/c1-15-7-8-18(22-12-15)27-17-9-11-23(14-17)19(25)16-6-5-10-24(13-16)20(26)28-21(2,3)4/h7-8,12,16-17H,5-6,9-11,13-14H2,1-4H3. The minimum absolute atomic E-state index is 0.0373. The van der Waals surface area contributed by atoms with Crippen LogP contribution in [0, 0.1) is 12.8 Å². The van der Waals surface area contributed by atoms with Gasteiger partial charge in [-0.25, -0.2) is 9.78 Å². The van der Waals surface area contributed by atoms with Crippen LogP contribution in [0.2, 0.25) is 0 Å². The van der Waals surface area contributed by atoms with Crippen molar-refractivity contribution < 1.29 is 19.1 Å². The smallest absolute Gasteiger partial charge is 0.410 e. The summed E-state index contributed by atoms with van der Waals surface area (Å²) in [5.74, 6) is 0.535. The Morgan fingerprint density at radius 3 is 2.57 bits per heavy atom. The number of aromatic nitrogens is 1. The summed E-state index contributed by atoms with van der Waals surface area (Å²) in [5, 5.41) is 0. The molecule has 0 aliphatic carbocycles. The number of nitrogens with zero attached hydrogens (tertiary/aromatic N) is 3. The molecule has 0 bridgehead atoms. The zero-order chi connectivity index (χ0) is 20.3. The van der Waals surface area contributed by atoms with Crippen LogP contribution in [0.4, 0.5) is 4.79 Å². The summed E-state index contributed by atoms with van der Waals surface area (Å²) in [6.45, 7) is 9.85. The van der Waals surface area contributed by atoms with Crippen LogP contribution < -0.4 is 4.74 Å². The molecule has 2 amide bonds. The van der Waals surface area contributed by atoms with Gasteiger partial charge in [0.25, 0.3) is 0 Å². The number of aryl methyl sites for hydroxylation is 1. The van der Waals surface area contributed by atoms with Gasteiger partial charge in [-0.2, -0.15) is 0 Å². The number of carbonyl (C=O) groups excluding carboxylic acids is 2. The van der Waals surface area contributed by atoms with E-state index in [9.17, 15) is 9.59 Å². The monoisotopic (exact) mass is 389 g/mol. The van der Waals surface area contributed by atoms with Gasteiger partial charge in [0.2, 0.25) is 11.8 Å². The van der Waals surface area contributed by atoms with E-state index >= 15 is 0 Å². The predicted octanol–water partition coefficient (Wildman–Crippen LogP) is 3.02. The van der Waals surface area contributed by atoms with Gasteiger partial charge in [0.05, 0.1) is 12.5 Å². The summed E-state index contributed by atoms with van der Waals surface area (Å²) in [4.78, 5) is 33.1. The lowest BCUT2D eigenvalue weighted by molar-refractivity contribution is -0.136. The van der Waals surface area contributed by atoms with Crippen molar-refractivity contribution in [3.63, 3.8) is 0 Å². The Bertz CT molecular complexity index is 699. The van der Waals surface area contributed by atoms with Crippen LogP contribution in [0.25, 0.3) is 0 Å². The van der Waals surface area contributed by atoms with Gasteiger partial charge in [0.15, 0.2) is 0 Å². The lowest BCUT2D eigenvalue weighted by atomic mass is 9.97. The van der Waals surface area contributed by atoms with Gasteiger partial charge < -0.3 is 19.3 Å². The molecule has 0 aromatic carbocycles. The average molecular weight is 389 g/mol. The van der Waals surface area contributed by atoms with Crippen LogP contribution in [0.3, 0.4) is 0 Å². The van der Waals surface area contributed by atoms with E-state index in [1.807, 2.05) is 44.7 Å². The molecule has 1 aromatic heterocycles. The lowest BCUT2D eigenvalue weighted by Crippen LogP contribution is -2.47. The molecule has 0 spiro atoms. The number of hydrogen-bond donors (Lipinski definition) is 0. The predicted molar refractivity (Wildman–Crippen MR) is 105 cm³/mol. The van der Waals surface area contributed by atoms with E-state index in [1.54, 1.807) is 11.1 Å². The van der Waals surface area contributed by atoms with Crippen molar-refractivity contribution in [2.75, 3.05) is 26.2 Å². The second kappa shape index (κ2) is 8.37. The maximum absolute atomic E-state index is 13.0. The van der Waals surface area contributed by atoms with E-state index in [2.05, 4.69) is 4.98 Å². The second-order valence-corrected chi connectivity index (χ2v) is 8.75. The summed E-state index contributed by atoms with van der Waals surface area (Å²) < 4.78 is 11.4. The van der Waals surface area contributed by atoms with Gasteiger partial charge in [0.1, 0.15) is 11.7 Å². The molecule has 2 atom stereocenters. The molecule has 2 saturated heterocycles. The molecule has 0 saturated carbocycles. The van der Waals surface area contributed by atoms with Gasteiger partial charge in [-0.15, -0.1) is 0 Å². The van der Waals surface area contributed by atoms with Crippen LogP contribution in [-0.4, -0.2) is 64.7 Å². The van der Waals surface area contributed by atoms with E-state index in [1.165, 1.54) is 0 Å². The number of piperidine rings is 1. The molecule has 3 heterocycles. The molecular formula is C21H31N3O4. The number of hydrogen-bond acceptors (Lipinski definition) is 5. The van der Waals surface area contributed by atoms with Crippen molar-refractivity contribution in [3.05, 3.63) is 23.9 Å². The Labute approximate surface area is 167 Å². The zero-order valence-corrected chi connectivity index (χ0v) is 17.3. The van der Waals surface area contributed by atoms with E-state index in [0.29, 0.717) is 32.1 Å². The van der Waals surface area contributed by atoms with Gasteiger partial charge in [0, 0.05) is 38.3 Å². The Kier molecular flexibility index (Phi) is 6.10. The lowest BCUT2D eigenvalue weighted by Gasteiger charge is -2.35. The third kappa shape index (κ3) is 5.36. The van der Waals surface area contributed by atoms with Crippen molar-refractivity contribution in [2.45, 2.75) is 58.7 Å². The number of likely N-dealkylation sites (tertiary alicyclic amines) is 2. The van der Waals surface area contributed by atoms with Crippen LogP contribution >= 0.6 is 0 Å². The highest BCUT2D eigenvalue weighted by molar-refractivity contribution is 5.80. The highest BCUT2D eigenvalue weighted by Crippen LogP contribution is 2.24. The number of carbonyl (C=O) groups is 2. The third-order valence-corrected chi connectivity index (χ3v) is 5.05. The molecule has 2 aliphatic heterocycles. The van der Waals surface area contributed by atoms with Crippen molar-refractivity contribution in [1.82, 2.24) is 14.8 Å². The van der Waals surface area contributed by atoms with Crippen LogP contribution in [0.5, 0.6) is 5.88 Å². The summed E-state index contributed by atoms with van der Waals surface area (Å²) in [7, 11) is 0. The molecule has 2 unspecified atom stereocenters. The van der Waals surface area contributed by atoms with Crippen molar-refractivity contribution in [1.29, 1.82) is 0 Å². The Morgan fingerprint density at radius 1 is 1.11 bits per heavy atom. The Hall–Kier alpha value is -2.31. The molecular weight excluding hydrogens is 358 g/mol. The van der Waals surface area contributed by atoms with E-state index in [4.69, 9.17) is 9.47 Å². The van der Waals surface area contributed by atoms with Crippen molar-refractivity contribution in [3.8, 4) is 5.88 Å². The van der Waals surface area contributed by atoms with Gasteiger partial charge in [-0.1, -0.05) is 6.07 Å². The van der Waals surface area contributed by atoms with E-state index in [-0.39, 0.29) is 24.0 Å². The topological polar surface area (TPSA) is 72.0 Å². The fourth-order valence-corrected chi connectivity index (χ4v) is 3.65. The van der Waals surface area contributed by atoms with Crippen molar-refractivity contribution >= 4 is 12.0 Å². The molecule has 2 aliphatic rings. The molecule has 2 fully saturated rings. The average Bonchev–Trinajstić information content (AvgIpc) is 3.10. The number of amides is 2. The first-order valence-electron chi connectivity index (χ1n) is 10.1. The normalized spacial score (nSPS) is 22.9. The number of rotatable bonds is 3. The maximum Gasteiger partial charge on any atom is 0.410 e. The molecule has 28 heavy (non-hydrogen) atoms. The highest BCUT2D eigenvalue weighted by Gasteiger charge is 2.36. The quantitative estimate of drug-likeness (QED) is 0.795. The molecule has 1 aromatic rings. The summed E-state index contributed by atoms with van der Waals surface area (Å²) in [6, 6.07) is 3.83. The maximum atomic E-state index is 13.0. The molecule has 154 valence electrons. The van der Waals surface area contributed by atoms with E-state index in [0.717, 1.165) is 24.8 Å². The third-order valence-electron chi connectivity index (χ3n) is 5.05. The molecule has 7 nitrogen and oxygen atoms in total. The van der Waals surface area contributed by atoms with E-state index < -0.39 is 5.60 Å². The second-order valence-electron chi connectivity index (χ2n) is 8.75. The fourth-order valence-electron chi connectivity index (χ4n) is 3.65. The number of pyridine rings is 1. The minimum atomic E-state index is -0.530. The van der Waals surface area contributed by atoms with Gasteiger partial charge >= 0.3 is 6.09 Å². The number of ether oxygens (including phenoxy) is 2. The molecule has 3 rings (SSSR count). The van der Waals surface area contributed by atoms with Crippen LogP contribution in [-0.2, 0) is 9.53 Å². The van der Waals surface area contributed by atoms with Crippen LogP contribution in [0.15, 0.2) is 18.3 Å². The highest BCUT2D eigenvalue weighted by atomic mass is 16.6. The summed E-state index contributed by atoms with van der Waals surface area (Å²) in [6.07, 6.45) is 3.82. The summed E-state index contributed by atoms with van der Waals surface area (Å²) in [5.41, 5.74) is 0.555. The van der Waals surface area contributed by atoms with Gasteiger partial charge in [-0.3, -0.25) is 4.79 Å². The van der Waals surface area contributed by atoms with Crippen LogP contribution in [0.1, 0.15) is 45.6 Å². The SMILES string of the molecule is Cc1ccc(OC2CCN(C(=O)C3CCCN(C(=O)OC(C)(C)C)C3)C2)nc1. The van der Waals surface area contributed by atoms with Gasteiger partial charge in [-0.05, 0) is 46.1 Å². The largest absolute Gasteiger partial charge is 0.472 e.